The van der Waals surface area contributed by atoms with Crippen LogP contribution < -0.4 is 5.73 Å². The molecule has 2 N–H and O–H groups in total. The molecule has 0 radical (unpaired) electrons. The number of aromatic nitrogens is 2. The van der Waals surface area contributed by atoms with E-state index in [9.17, 15) is 22.8 Å². The Balaban J connectivity index is 1.60. The third kappa shape index (κ3) is 4.99. The second-order valence-corrected chi connectivity index (χ2v) is 8.79. The highest BCUT2D eigenvalue weighted by Gasteiger charge is 2.30. The Morgan fingerprint density at radius 1 is 1.06 bits per heavy atom. The van der Waals surface area contributed by atoms with E-state index in [4.69, 9.17) is 5.73 Å². The predicted octanol–water partition coefficient (Wildman–Crippen LogP) is 3.57. The van der Waals surface area contributed by atoms with Gasteiger partial charge in [0.05, 0.1) is 17.9 Å². The summed E-state index contributed by atoms with van der Waals surface area (Å²) in [5.41, 5.74) is 8.58. The van der Waals surface area contributed by atoms with Crippen molar-refractivity contribution in [2.45, 2.75) is 45.8 Å². The number of benzene rings is 2. The molecular formula is C26H28F3N5O2. The molecule has 0 saturated carbocycles. The van der Waals surface area contributed by atoms with Gasteiger partial charge in [-0.3, -0.25) is 9.59 Å². The first-order valence-corrected chi connectivity index (χ1v) is 11.8. The molecule has 2 amide bonds. The lowest BCUT2D eigenvalue weighted by Crippen LogP contribution is -2.37. The van der Waals surface area contributed by atoms with Crippen molar-refractivity contribution in [3.05, 3.63) is 82.7 Å². The van der Waals surface area contributed by atoms with Crippen molar-refractivity contribution in [1.29, 1.82) is 0 Å². The van der Waals surface area contributed by atoms with Gasteiger partial charge >= 0.3 is 0 Å². The lowest BCUT2D eigenvalue weighted by Gasteiger charge is -2.24. The number of halogens is 3. The van der Waals surface area contributed by atoms with E-state index in [-0.39, 0.29) is 49.0 Å². The number of amides is 2. The minimum Gasteiger partial charge on any atom is -0.338 e. The average molecular weight is 500 g/mol. The monoisotopic (exact) mass is 499 g/mol. The zero-order valence-electron chi connectivity index (χ0n) is 20.2. The number of fused-ring (bicyclic) bond motifs is 3. The van der Waals surface area contributed by atoms with E-state index in [0.717, 1.165) is 17.3 Å². The number of imidazole rings is 1. The third-order valence-electron chi connectivity index (χ3n) is 6.43. The molecule has 7 nitrogen and oxygen atoms in total. The maximum absolute atomic E-state index is 14.1. The van der Waals surface area contributed by atoms with Crippen LogP contribution in [0.2, 0.25) is 0 Å². The Morgan fingerprint density at radius 3 is 2.47 bits per heavy atom. The second-order valence-electron chi connectivity index (χ2n) is 8.79. The number of hydrogen-bond acceptors (Lipinski definition) is 4. The molecule has 1 aromatic heterocycles. The van der Waals surface area contributed by atoms with Crippen LogP contribution in [-0.2, 0) is 24.3 Å². The van der Waals surface area contributed by atoms with E-state index in [1.165, 1.54) is 0 Å². The van der Waals surface area contributed by atoms with Gasteiger partial charge in [0.25, 0.3) is 5.91 Å². The molecule has 4 rings (SSSR count). The fourth-order valence-corrected chi connectivity index (χ4v) is 4.50. The Hall–Kier alpha value is -3.66. The fraction of sp³-hybridized carbons (Fsp3) is 0.346. The summed E-state index contributed by atoms with van der Waals surface area (Å²) in [5, 5.41) is 0. The molecule has 3 aromatic rings. The van der Waals surface area contributed by atoms with Crippen LogP contribution in [0.15, 0.2) is 42.7 Å². The minimum atomic E-state index is -1.28. The Bertz CT molecular complexity index is 1290. The highest BCUT2D eigenvalue weighted by Crippen LogP contribution is 2.27. The minimum absolute atomic E-state index is 0.0967. The van der Waals surface area contributed by atoms with E-state index in [1.807, 2.05) is 42.7 Å². The summed E-state index contributed by atoms with van der Waals surface area (Å²) < 4.78 is 42.7. The molecule has 0 spiro atoms. The zero-order chi connectivity index (χ0) is 26.0. The van der Waals surface area contributed by atoms with Gasteiger partial charge < -0.3 is 20.1 Å². The number of nitrogens with zero attached hydrogens (tertiary/aromatic N) is 4. The molecule has 0 saturated heterocycles. The van der Waals surface area contributed by atoms with E-state index in [2.05, 4.69) is 4.98 Å². The number of carbonyl (C=O) groups excluding carboxylic acids is 2. The second kappa shape index (κ2) is 10.5. The van der Waals surface area contributed by atoms with Crippen molar-refractivity contribution >= 4 is 11.8 Å². The molecule has 2 heterocycles. The first-order valence-electron chi connectivity index (χ1n) is 11.8. The van der Waals surface area contributed by atoms with Crippen LogP contribution >= 0.6 is 0 Å². The summed E-state index contributed by atoms with van der Waals surface area (Å²) in [6, 6.07) is 7.95. The maximum Gasteiger partial charge on any atom is 0.274 e. The van der Waals surface area contributed by atoms with Crippen molar-refractivity contribution in [2.75, 3.05) is 13.1 Å². The predicted molar refractivity (Wildman–Crippen MR) is 128 cm³/mol. The summed E-state index contributed by atoms with van der Waals surface area (Å²) >= 11 is 0. The van der Waals surface area contributed by atoms with Gasteiger partial charge in [0.2, 0.25) is 5.91 Å². The van der Waals surface area contributed by atoms with E-state index in [0.29, 0.717) is 24.8 Å². The van der Waals surface area contributed by atoms with E-state index in [1.54, 1.807) is 16.1 Å². The van der Waals surface area contributed by atoms with Gasteiger partial charge in [-0.1, -0.05) is 18.2 Å². The first-order chi connectivity index (χ1) is 17.2. The molecule has 1 aliphatic rings. The molecular weight excluding hydrogens is 471 g/mol. The van der Waals surface area contributed by atoms with Gasteiger partial charge in [-0.05, 0) is 43.5 Å². The Kier molecular flexibility index (Phi) is 7.44. The van der Waals surface area contributed by atoms with E-state index < -0.39 is 23.5 Å². The third-order valence-corrected chi connectivity index (χ3v) is 6.43. The SMILES string of the molecule is CCN(CC)C(=O)c1ncn2c1CN(C(=O)C[C@H](N)Cc1cc(F)c(F)cc1F)Cc1ccccc1-2. The molecule has 0 fully saturated rings. The topological polar surface area (TPSA) is 84.5 Å². The summed E-state index contributed by atoms with van der Waals surface area (Å²) in [6.07, 6.45) is 1.31. The molecule has 0 bridgehead atoms. The molecule has 0 aliphatic carbocycles. The zero-order valence-corrected chi connectivity index (χ0v) is 20.2. The standard InChI is InChI=1S/C26H28F3N5O2/c1-3-32(4-2)26(36)25-23-14-33(13-16-7-5-6-8-22(16)34(23)15-31-25)24(35)11-18(30)9-17-10-20(28)21(29)12-19(17)27/h5-8,10,12,15,18H,3-4,9,11,13-14,30H2,1-2H3/t18-/m1/s1. The largest absolute Gasteiger partial charge is 0.338 e. The number of carbonyl (C=O) groups is 2. The smallest absolute Gasteiger partial charge is 0.274 e. The van der Waals surface area contributed by atoms with Crippen LogP contribution in [0.4, 0.5) is 13.2 Å². The van der Waals surface area contributed by atoms with Crippen LogP contribution in [0.25, 0.3) is 5.69 Å². The molecule has 2 aromatic carbocycles. The van der Waals surface area contributed by atoms with Gasteiger partial charge in [0.1, 0.15) is 12.1 Å². The molecule has 190 valence electrons. The van der Waals surface area contributed by atoms with E-state index >= 15 is 0 Å². The quantitative estimate of drug-likeness (QED) is 0.504. The van der Waals surface area contributed by atoms with Crippen LogP contribution in [0, 0.1) is 17.5 Å². The Morgan fingerprint density at radius 2 is 1.75 bits per heavy atom. The molecule has 0 unspecified atom stereocenters. The van der Waals surface area contributed by atoms with Crippen molar-refractivity contribution in [1.82, 2.24) is 19.4 Å². The van der Waals surface area contributed by atoms with Crippen molar-refractivity contribution < 1.29 is 22.8 Å². The normalized spacial score (nSPS) is 13.6. The number of rotatable bonds is 7. The molecule has 1 atom stereocenters. The van der Waals surface area contributed by atoms with Crippen LogP contribution in [-0.4, -0.2) is 50.3 Å². The van der Waals surface area contributed by atoms with Gasteiger partial charge in [-0.2, -0.15) is 0 Å². The summed E-state index contributed by atoms with van der Waals surface area (Å²) in [4.78, 5) is 34.1. The molecule has 1 aliphatic heterocycles. The highest BCUT2D eigenvalue weighted by atomic mass is 19.2. The van der Waals surface area contributed by atoms with Crippen LogP contribution in [0.1, 0.15) is 47.6 Å². The summed E-state index contributed by atoms with van der Waals surface area (Å²) in [6.45, 7) is 5.23. The maximum atomic E-state index is 14.1. The first kappa shape index (κ1) is 25.4. The fourth-order valence-electron chi connectivity index (χ4n) is 4.50. The summed E-state index contributed by atoms with van der Waals surface area (Å²) in [7, 11) is 0. The van der Waals surface area contributed by atoms with Crippen molar-refractivity contribution in [2.24, 2.45) is 5.73 Å². The van der Waals surface area contributed by atoms with Crippen LogP contribution in [0.3, 0.4) is 0 Å². The number of para-hydroxylation sites is 1. The lowest BCUT2D eigenvalue weighted by molar-refractivity contribution is -0.132. The Labute approximate surface area is 207 Å². The van der Waals surface area contributed by atoms with Gasteiger partial charge in [-0.15, -0.1) is 0 Å². The number of nitrogens with two attached hydrogens (primary N) is 1. The van der Waals surface area contributed by atoms with Crippen molar-refractivity contribution in [3.63, 3.8) is 0 Å². The van der Waals surface area contributed by atoms with Crippen LogP contribution in [0.5, 0.6) is 0 Å². The van der Waals surface area contributed by atoms with Gasteiger partial charge in [0.15, 0.2) is 17.3 Å². The summed E-state index contributed by atoms with van der Waals surface area (Å²) in [5.74, 6) is -3.89. The number of hydrogen-bond donors (Lipinski definition) is 1. The lowest BCUT2D eigenvalue weighted by atomic mass is 10.0. The van der Waals surface area contributed by atoms with Crippen molar-refractivity contribution in [3.8, 4) is 5.69 Å². The average Bonchev–Trinajstić information content (AvgIpc) is 3.18. The van der Waals surface area contributed by atoms with Gasteiger partial charge in [-0.25, -0.2) is 18.2 Å². The highest BCUT2D eigenvalue weighted by molar-refractivity contribution is 5.94. The molecule has 10 heteroatoms. The van der Waals surface area contributed by atoms with Gasteiger partial charge in [0, 0.05) is 38.2 Å². The molecule has 36 heavy (non-hydrogen) atoms.